The first-order chi connectivity index (χ1) is 24.8. The second-order valence-electron chi connectivity index (χ2n) is 13.0. The normalized spacial score (nSPS) is 11.6. The van der Waals surface area contributed by atoms with E-state index >= 15 is 0 Å². The average molecular weight is 637 g/mol. The number of hydrogen-bond donors (Lipinski definition) is 0. The molecule has 10 aromatic rings. The standard InChI is InChI=1S/C48H32N2/c1-3-13-33(14-4-1)34-23-25-35(26-24-34)37-29-38(31-40(30-37)50-45-20-10-7-17-41(45)42-18-8-11-21-46(42)50)36-27-28-48-44(32-36)43-19-9-12-22-47(43)49(48)39-15-5-2-6-16-39/h1-32H. The third kappa shape index (κ3) is 4.57. The minimum atomic E-state index is 1.15. The molecular weight excluding hydrogens is 605 g/mol. The van der Waals surface area contributed by atoms with Gasteiger partial charge < -0.3 is 9.13 Å². The van der Waals surface area contributed by atoms with Gasteiger partial charge in [-0.25, -0.2) is 0 Å². The van der Waals surface area contributed by atoms with E-state index in [0.717, 1.165) is 5.69 Å². The van der Waals surface area contributed by atoms with Gasteiger partial charge in [-0.3, -0.25) is 0 Å². The molecule has 0 fully saturated rings. The summed E-state index contributed by atoms with van der Waals surface area (Å²) in [5, 5.41) is 5.02. The predicted molar refractivity (Wildman–Crippen MR) is 211 cm³/mol. The Bertz CT molecular complexity index is 2790. The molecule has 2 heteroatoms. The molecule has 8 aromatic carbocycles. The van der Waals surface area contributed by atoms with Crippen LogP contribution in [0.25, 0.3) is 88.4 Å². The van der Waals surface area contributed by atoms with Gasteiger partial charge in [0.05, 0.1) is 22.1 Å². The maximum atomic E-state index is 2.43. The third-order valence-corrected chi connectivity index (χ3v) is 10.1. The maximum absolute atomic E-state index is 2.43. The Kier molecular flexibility index (Phi) is 6.53. The van der Waals surface area contributed by atoms with Crippen LogP contribution in [0.15, 0.2) is 194 Å². The Hall–Kier alpha value is -6.64. The van der Waals surface area contributed by atoms with Gasteiger partial charge in [0.1, 0.15) is 0 Å². The van der Waals surface area contributed by atoms with Gasteiger partial charge in [-0.05, 0) is 94.0 Å². The molecule has 2 aromatic heterocycles. The van der Waals surface area contributed by atoms with E-state index in [1.807, 2.05) is 0 Å². The van der Waals surface area contributed by atoms with Crippen LogP contribution >= 0.6 is 0 Å². The molecule has 0 saturated carbocycles. The molecule has 0 N–H and O–H groups in total. The molecule has 0 aliphatic heterocycles. The molecule has 0 aliphatic rings. The van der Waals surface area contributed by atoms with Gasteiger partial charge >= 0.3 is 0 Å². The molecule has 0 radical (unpaired) electrons. The van der Waals surface area contributed by atoms with Crippen LogP contribution in [-0.2, 0) is 0 Å². The molecule has 0 unspecified atom stereocenters. The van der Waals surface area contributed by atoms with Crippen molar-refractivity contribution < 1.29 is 0 Å². The minimum Gasteiger partial charge on any atom is -0.309 e. The van der Waals surface area contributed by atoms with Gasteiger partial charge in [0.25, 0.3) is 0 Å². The number of aromatic nitrogens is 2. The van der Waals surface area contributed by atoms with E-state index in [1.165, 1.54) is 82.7 Å². The quantitative estimate of drug-likeness (QED) is 0.178. The van der Waals surface area contributed by atoms with Crippen molar-refractivity contribution in [1.82, 2.24) is 9.13 Å². The van der Waals surface area contributed by atoms with E-state index in [-0.39, 0.29) is 0 Å². The van der Waals surface area contributed by atoms with Gasteiger partial charge in [0.2, 0.25) is 0 Å². The zero-order valence-corrected chi connectivity index (χ0v) is 27.4. The van der Waals surface area contributed by atoms with Crippen molar-refractivity contribution in [2.45, 2.75) is 0 Å². The molecule has 0 spiro atoms. The van der Waals surface area contributed by atoms with E-state index in [4.69, 9.17) is 0 Å². The summed E-state index contributed by atoms with van der Waals surface area (Å²) in [7, 11) is 0. The summed E-state index contributed by atoms with van der Waals surface area (Å²) in [6.45, 7) is 0. The molecule has 0 aliphatic carbocycles. The predicted octanol–water partition coefficient (Wildman–Crippen LogP) is 12.9. The molecular formula is C48H32N2. The van der Waals surface area contributed by atoms with E-state index < -0.39 is 0 Å². The highest BCUT2D eigenvalue weighted by molar-refractivity contribution is 6.11. The van der Waals surface area contributed by atoms with Crippen molar-refractivity contribution in [1.29, 1.82) is 0 Å². The van der Waals surface area contributed by atoms with Gasteiger partial charge in [-0.1, -0.05) is 133 Å². The number of hydrogen-bond acceptors (Lipinski definition) is 0. The van der Waals surface area contributed by atoms with Gasteiger partial charge in [0, 0.05) is 32.9 Å². The highest BCUT2D eigenvalue weighted by Crippen LogP contribution is 2.39. The van der Waals surface area contributed by atoms with Crippen LogP contribution < -0.4 is 0 Å². The lowest BCUT2D eigenvalue weighted by atomic mass is 9.95. The molecule has 0 amide bonds. The van der Waals surface area contributed by atoms with Crippen LogP contribution in [0.5, 0.6) is 0 Å². The Labute approximate surface area is 290 Å². The lowest BCUT2D eigenvalue weighted by molar-refractivity contribution is 1.18. The number of nitrogens with zero attached hydrogens (tertiary/aromatic N) is 2. The average Bonchev–Trinajstić information content (AvgIpc) is 3.71. The number of para-hydroxylation sites is 4. The molecule has 10 rings (SSSR count). The van der Waals surface area contributed by atoms with E-state index in [2.05, 4.69) is 203 Å². The molecule has 2 nitrogen and oxygen atoms in total. The van der Waals surface area contributed by atoms with Gasteiger partial charge in [-0.2, -0.15) is 0 Å². The molecule has 0 atom stereocenters. The third-order valence-electron chi connectivity index (χ3n) is 10.1. The highest BCUT2D eigenvalue weighted by atomic mass is 15.0. The summed E-state index contributed by atoms with van der Waals surface area (Å²) in [4.78, 5) is 0. The van der Waals surface area contributed by atoms with Crippen LogP contribution in [0.2, 0.25) is 0 Å². The van der Waals surface area contributed by atoms with Gasteiger partial charge in [0.15, 0.2) is 0 Å². The lowest BCUT2D eigenvalue weighted by Gasteiger charge is -2.15. The zero-order valence-electron chi connectivity index (χ0n) is 27.4. The second kappa shape index (κ2) is 11.5. The highest BCUT2D eigenvalue weighted by Gasteiger charge is 2.16. The molecule has 0 saturated heterocycles. The van der Waals surface area contributed by atoms with Crippen LogP contribution in [-0.4, -0.2) is 9.13 Å². The van der Waals surface area contributed by atoms with Crippen molar-refractivity contribution in [3.8, 4) is 44.8 Å². The summed E-state index contributed by atoms with van der Waals surface area (Å²) in [5.41, 5.74) is 14.3. The number of rotatable bonds is 5. The molecule has 0 bridgehead atoms. The van der Waals surface area contributed by atoms with E-state index in [9.17, 15) is 0 Å². The summed E-state index contributed by atoms with van der Waals surface area (Å²) in [6, 6.07) is 70.5. The number of fused-ring (bicyclic) bond motifs is 6. The molecule has 2 heterocycles. The van der Waals surface area contributed by atoms with Crippen LogP contribution in [0, 0.1) is 0 Å². The molecule has 234 valence electrons. The first kappa shape index (κ1) is 28.4. The van der Waals surface area contributed by atoms with Crippen LogP contribution in [0.4, 0.5) is 0 Å². The zero-order chi connectivity index (χ0) is 33.0. The SMILES string of the molecule is c1ccc(-c2ccc(-c3cc(-c4ccc5c(c4)c4ccccc4n5-c4ccccc4)cc(-n4c5ccccc5c5ccccc54)c3)cc2)cc1. The second-order valence-corrected chi connectivity index (χ2v) is 13.0. The Balaban J connectivity index is 1.21. The first-order valence-electron chi connectivity index (χ1n) is 17.2. The van der Waals surface area contributed by atoms with E-state index in [0.29, 0.717) is 0 Å². The fourth-order valence-electron chi connectivity index (χ4n) is 7.77. The largest absolute Gasteiger partial charge is 0.309 e. The van der Waals surface area contributed by atoms with Crippen LogP contribution in [0.1, 0.15) is 0 Å². The van der Waals surface area contributed by atoms with Gasteiger partial charge in [-0.15, -0.1) is 0 Å². The first-order valence-corrected chi connectivity index (χ1v) is 17.2. The van der Waals surface area contributed by atoms with Crippen molar-refractivity contribution in [3.63, 3.8) is 0 Å². The topological polar surface area (TPSA) is 9.86 Å². The van der Waals surface area contributed by atoms with Crippen molar-refractivity contribution in [2.24, 2.45) is 0 Å². The summed E-state index contributed by atoms with van der Waals surface area (Å²) < 4.78 is 4.80. The Morgan fingerprint density at radius 2 is 0.620 bits per heavy atom. The fourth-order valence-corrected chi connectivity index (χ4v) is 7.77. The Morgan fingerprint density at radius 1 is 0.220 bits per heavy atom. The smallest absolute Gasteiger partial charge is 0.0541 e. The lowest BCUT2D eigenvalue weighted by Crippen LogP contribution is -1.96. The van der Waals surface area contributed by atoms with Crippen molar-refractivity contribution in [3.05, 3.63) is 194 Å². The monoisotopic (exact) mass is 636 g/mol. The molecule has 50 heavy (non-hydrogen) atoms. The minimum absolute atomic E-state index is 1.15. The summed E-state index contributed by atoms with van der Waals surface area (Å²) in [5.74, 6) is 0. The fraction of sp³-hybridized carbons (Fsp3) is 0. The summed E-state index contributed by atoms with van der Waals surface area (Å²) >= 11 is 0. The Morgan fingerprint density at radius 3 is 1.22 bits per heavy atom. The van der Waals surface area contributed by atoms with Crippen LogP contribution in [0.3, 0.4) is 0 Å². The number of benzene rings is 8. The van der Waals surface area contributed by atoms with E-state index in [1.54, 1.807) is 0 Å². The summed E-state index contributed by atoms with van der Waals surface area (Å²) in [6.07, 6.45) is 0. The van der Waals surface area contributed by atoms with Crippen molar-refractivity contribution >= 4 is 43.6 Å². The van der Waals surface area contributed by atoms with Crippen molar-refractivity contribution in [2.75, 3.05) is 0 Å². The maximum Gasteiger partial charge on any atom is 0.0541 e.